The van der Waals surface area contributed by atoms with Gasteiger partial charge < -0.3 is 15.2 Å². The minimum absolute atomic E-state index is 0.0437. The lowest BCUT2D eigenvalue weighted by Crippen LogP contribution is -2.67. The molecule has 1 saturated heterocycles. The Kier molecular flexibility index (Phi) is 7.25. The highest BCUT2D eigenvalue weighted by molar-refractivity contribution is 7.89. The number of carboxylic acids is 1. The second-order valence-electron chi connectivity index (χ2n) is 12.5. The number of benzene rings is 1. The van der Waals surface area contributed by atoms with E-state index in [1.54, 1.807) is 43.9 Å². The monoisotopic (exact) mass is 619 g/mol. The summed E-state index contributed by atoms with van der Waals surface area (Å²) in [4.78, 5) is 21.8. The lowest BCUT2D eigenvalue weighted by molar-refractivity contribution is -0.147. The standard InChI is InChI=1S/C31H37N7O5S/c1-7-38-24-9-8-22(20(4)27(24)35-36-38)26(30(5,6)29(39)40)23-11-21(19(3)13-33-23)14-37-17-31(15-32-16-31)43-28-25(44(37,41)42)10-18(2)12-34-28/h8-13,26,32H,7,14-17H2,1-6H3,(H,39,40). The Bertz CT molecular complexity index is 1900. The van der Waals surface area contributed by atoms with Gasteiger partial charge in [-0.3, -0.25) is 9.78 Å². The van der Waals surface area contributed by atoms with Crippen molar-refractivity contribution >= 4 is 27.0 Å². The van der Waals surface area contributed by atoms with E-state index in [4.69, 9.17) is 9.72 Å². The maximum absolute atomic E-state index is 14.1. The molecule has 1 unspecified atom stereocenters. The first-order chi connectivity index (χ1) is 20.8. The topological polar surface area (TPSA) is 152 Å². The van der Waals surface area contributed by atoms with Crippen molar-refractivity contribution in [3.8, 4) is 5.88 Å². The molecule has 0 saturated carbocycles. The van der Waals surface area contributed by atoms with Crippen LogP contribution >= 0.6 is 0 Å². The summed E-state index contributed by atoms with van der Waals surface area (Å²) < 4.78 is 37.6. The third-order valence-electron chi connectivity index (χ3n) is 8.99. The van der Waals surface area contributed by atoms with Gasteiger partial charge in [0.2, 0.25) is 15.9 Å². The second kappa shape index (κ2) is 10.6. The number of nitrogens with zero attached hydrogens (tertiary/aromatic N) is 6. The molecule has 0 aliphatic carbocycles. The van der Waals surface area contributed by atoms with Crippen LogP contribution in [-0.4, -0.2) is 74.0 Å². The average Bonchev–Trinajstić information content (AvgIpc) is 3.35. The molecule has 1 spiro atoms. The number of aromatic nitrogens is 5. The summed E-state index contributed by atoms with van der Waals surface area (Å²) in [5.41, 5.74) is 3.96. The predicted octanol–water partition coefficient (Wildman–Crippen LogP) is 3.33. The van der Waals surface area contributed by atoms with E-state index >= 15 is 0 Å². The highest BCUT2D eigenvalue weighted by atomic mass is 32.2. The molecule has 12 nitrogen and oxygen atoms in total. The molecular weight excluding hydrogens is 582 g/mol. The lowest BCUT2D eigenvalue weighted by Gasteiger charge is -2.42. The number of pyridine rings is 2. The minimum Gasteiger partial charge on any atom is -0.481 e. The van der Waals surface area contributed by atoms with E-state index in [0.29, 0.717) is 36.4 Å². The van der Waals surface area contributed by atoms with Crippen LogP contribution in [0.1, 0.15) is 60.2 Å². The van der Waals surface area contributed by atoms with Crippen molar-refractivity contribution < 1.29 is 23.1 Å². The van der Waals surface area contributed by atoms with E-state index < -0.39 is 32.9 Å². The maximum Gasteiger partial charge on any atom is 0.310 e. The van der Waals surface area contributed by atoms with Gasteiger partial charge in [0.15, 0.2) is 0 Å². The number of carboxylic acid groups (broad SMARTS) is 1. The number of carbonyl (C=O) groups is 1. The summed E-state index contributed by atoms with van der Waals surface area (Å²) in [5.74, 6) is -1.52. The molecule has 6 rings (SSSR count). The van der Waals surface area contributed by atoms with E-state index in [9.17, 15) is 18.3 Å². The number of hydrogen-bond acceptors (Lipinski definition) is 9. The van der Waals surface area contributed by atoms with Gasteiger partial charge >= 0.3 is 5.97 Å². The summed E-state index contributed by atoms with van der Waals surface area (Å²) in [5, 5.41) is 22.2. The Morgan fingerprint density at radius 3 is 2.57 bits per heavy atom. The molecule has 0 bridgehead atoms. The zero-order valence-corrected chi connectivity index (χ0v) is 26.6. The first-order valence-corrected chi connectivity index (χ1v) is 16.1. The summed E-state index contributed by atoms with van der Waals surface area (Å²) in [7, 11) is -3.98. The minimum atomic E-state index is -3.98. The van der Waals surface area contributed by atoms with E-state index in [-0.39, 0.29) is 23.9 Å². The Morgan fingerprint density at radius 1 is 1.16 bits per heavy atom. The molecule has 2 aliphatic heterocycles. The van der Waals surface area contributed by atoms with Crippen LogP contribution in [0.5, 0.6) is 5.88 Å². The molecule has 13 heteroatoms. The zero-order valence-electron chi connectivity index (χ0n) is 25.7. The molecule has 2 aliphatic rings. The van der Waals surface area contributed by atoms with Gasteiger partial charge in [0.1, 0.15) is 16.0 Å². The van der Waals surface area contributed by atoms with Crippen molar-refractivity contribution in [3.63, 3.8) is 0 Å². The number of nitrogens with one attached hydrogen (secondary N) is 1. The van der Waals surface area contributed by atoms with Gasteiger partial charge in [-0.15, -0.1) is 5.10 Å². The van der Waals surface area contributed by atoms with Crippen molar-refractivity contribution in [1.82, 2.24) is 34.6 Å². The number of ether oxygens (including phenoxy) is 1. The Hall–Kier alpha value is -3.94. The predicted molar refractivity (Wildman–Crippen MR) is 163 cm³/mol. The van der Waals surface area contributed by atoms with Crippen LogP contribution < -0.4 is 10.1 Å². The molecule has 5 heterocycles. The van der Waals surface area contributed by atoms with Gasteiger partial charge in [0.25, 0.3) is 0 Å². The number of aryl methyl sites for hydroxylation is 4. The smallest absolute Gasteiger partial charge is 0.310 e. The van der Waals surface area contributed by atoms with Gasteiger partial charge in [-0.2, -0.15) is 4.31 Å². The Morgan fingerprint density at radius 2 is 1.91 bits per heavy atom. The van der Waals surface area contributed by atoms with E-state index in [1.165, 1.54) is 4.31 Å². The quantitative estimate of drug-likeness (QED) is 0.315. The fourth-order valence-electron chi connectivity index (χ4n) is 6.18. The van der Waals surface area contributed by atoms with Gasteiger partial charge in [0.05, 0.1) is 17.5 Å². The molecule has 3 aromatic heterocycles. The molecule has 2 N–H and O–H groups in total. The summed E-state index contributed by atoms with van der Waals surface area (Å²) in [6.45, 7) is 12.8. The van der Waals surface area contributed by atoms with Crippen molar-refractivity contribution in [1.29, 1.82) is 0 Å². The highest BCUT2D eigenvalue weighted by Gasteiger charge is 2.48. The first kappa shape index (κ1) is 30.1. The van der Waals surface area contributed by atoms with Crippen molar-refractivity contribution in [3.05, 3.63) is 70.2 Å². The van der Waals surface area contributed by atoms with Crippen LogP contribution in [0.2, 0.25) is 0 Å². The van der Waals surface area contributed by atoms with Crippen molar-refractivity contribution in [2.75, 3.05) is 19.6 Å². The fraction of sp³-hybridized carbons (Fsp3) is 0.452. The summed E-state index contributed by atoms with van der Waals surface area (Å²) >= 11 is 0. The summed E-state index contributed by atoms with van der Waals surface area (Å²) in [6, 6.07) is 7.30. The van der Waals surface area contributed by atoms with Gasteiger partial charge in [0, 0.05) is 50.2 Å². The third kappa shape index (κ3) is 4.83. The Labute approximate surface area is 256 Å². The molecule has 0 amide bonds. The first-order valence-electron chi connectivity index (χ1n) is 14.7. The SMILES string of the molecule is CCn1nnc2c(C)c(C(c3cc(CN4CC5(CNC5)Oc5ncc(C)cc5S4(=O)=O)c(C)cn3)C(C)(C)C(=O)O)ccc21. The molecule has 1 aromatic carbocycles. The van der Waals surface area contributed by atoms with Crippen LogP contribution in [0.15, 0.2) is 41.6 Å². The Balaban J connectivity index is 1.46. The van der Waals surface area contributed by atoms with Crippen molar-refractivity contribution in [2.24, 2.45) is 5.41 Å². The fourth-order valence-corrected chi connectivity index (χ4v) is 7.82. The molecule has 4 aromatic rings. The largest absolute Gasteiger partial charge is 0.481 e. The van der Waals surface area contributed by atoms with Crippen LogP contribution in [0.4, 0.5) is 0 Å². The highest BCUT2D eigenvalue weighted by Crippen LogP contribution is 2.44. The third-order valence-corrected chi connectivity index (χ3v) is 10.8. The summed E-state index contributed by atoms with van der Waals surface area (Å²) in [6.07, 6.45) is 3.30. The lowest BCUT2D eigenvalue weighted by atomic mass is 9.71. The maximum atomic E-state index is 14.1. The molecular formula is C31H37N7O5S. The van der Waals surface area contributed by atoms with Gasteiger partial charge in [-0.1, -0.05) is 11.3 Å². The molecule has 1 fully saturated rings. The number of aliphatic carboxylic acids is 1. The zero-order chi connectivity index (χ0) is 31.6. The van der Waals surface area contributed by atoms with E-state index in [1.807, 2.05) is 39.0 Å². The second-order valence-corrected chi connectivity index (χ2v) is 14.4. The molecule has 1 atom stereocenters. The molecule has 44 heavy (non-hydrogen) atoms. The van der Waals surface area contributed by atoms with E-state index in [0.717, 1.165) is 27.8 Å². The number of rotatable bonds is 7. The van der Waals surface area contributed by atoms with Crippen LogP contribution in [0.3, 0.4) is 0 Å². The van der Waals surface area contributed by atoms with Crippen LogP contribution in [-0.2, 0) is 27.9 Å². The van der Waals surface area contributed by atoms with Crippen molar-refractivity contribution in [2.45, 2.75) is 71.0 Å². The molecule has 232 valence electrons. The number of fused-ring (bicyclic) bond motifs is 2. The number of hydrogen-bond donors (Lipinski definition) is 2. The van der Waals surface area contributed by atoms with Gasteiger partial charge in [-0.05, 0) is 87.6 Å². The van der Waals surface area contributed by atoms with Gasteiger partial charge in [-0.25, -0.2) is 18.1 Å². The molecule has 0 radical (unpaired) electrons. The van der Waals surface area contributed by atoms with E-state index in [2.05, 4.69) is 20.6 Å². The van der Waals surface area contributed by atoms with Crippen LogP contribution in [0, 0.1) is 26.2 Å². The van der Waals surface area contributed by atoms with Crippen LogP contribution in [0.25, 0.3) is 11.0 Å². The number of sulfonamides is 1. The normalized spacial score (nSPS) is 18.3. The average molecular weight is 620 g/mol.